The number of nitrogens with zero attached hydrogens (tertiary/aromatic N) is 1. The minimum absolute atomic E-state index is 0.154. The Morgan fingerprint density at radius 3 is 2.59 bits per heavy atom. The van der Waals surface area contributed by atoms with Gasteiger partial charge >= 0.3 is 0 Å². The quantitative estimate of drug-likeness (QED) is 0.289. The Hall–Kier alpha value is -3.11. The fraction of sp³-hybridized carbons (Fsp3) is 0.429. The first kappa shape index (κ1) is 27.5. The van der Waals surface area contributed by atoms with Crippen LogP contribution in [0.4, 0.5) is 4.39 Å². The maximum Gasteiger partial charge on any atom is 0.119 e. The maximum atomic E-state index is 12.6. The highest BCUT2D eigenvalue weighted by molar-refractivity contribution is 6.00. The molecule has 206 valence electrons. The van der Waals surface area contributed by atoms with E-state index in [9.17, 15) is 9.50 Å². The van der Waals surface area contributed by atoms with Gasteiger partial charge in [0.05, 0.1) is 6.67 Å². The number of ether oxygens (including phenoxy) is 1. The molecule has 1 unspecified atom stereocenters. The van der Waals surface area contributed by atoms with E-state index in [1.165, 1.54) is 57.4 Å². The molecule has 2 aliphatic rings. The van der Waals surface area contributed by atoms with Gasteiger partial charge in [-0.25, -0.2) is 0 Å². The van der Waals surface area contributed by atoms with Gasteiger partial charge in [-0.15, -0.1) is 0 Å². The average molecular weight is 528 g/mol. The van der Waals surface area contributed by atoms with Crippen molar-refractivity contribution in [2.24, 2.45) is 0 Å². The van der Waals surface area contributed by atoms with E-state index in [1.54, 1.807) is 0 Å². The maximum absolute atomic E-state index is 12.6. The second-order valence-corrected chi connectivity index (χ2v) is 11.2. The monoisotopic (exact) mass is 527 g/mol. The first-order chi connectivity index (χ1) is 19.1. The molecule has 1 aliphatic carbocycles. The number of benzene rings is 3. The van der Waals surface area contributed by atoms with Gasteiger partial charge in [0.15, 0.2) is 0 Å². The largest absolute Gasteiger partial charge is 0.508 e. The number of rotatable bonds is 10. The van der Waals surface area contributed by atoms with E-state index in [2.05, 4.69) is 67.3 Å². The van der Waals surface area contributed by atoms with Crippen LogP contribution in [0, 0.1) is 6.92 Å². The zero-order valence-electron chi connectivity index (χ0n) is 23.5. The number of unbranched alkanes of at least 4 members (excludes halogenated alkanes) is 1. The van der Waals surface area contributed by atoms with Crippen LogP contribution < -0.4 is 4.74 Å². The Kier molecular flexibility index (Phi) is 9.03. The summed E-state index contributed by atoms with van der Waals surface area (Å²) in [6.07, 6.45) is 8.24. The number of halogens is 1. The van der Waals surface area contributed by atoms with E-state index < -0.39 is 0 Å². The van der Waals surface area contributed by atoms with Gasteiger partial charge in [-0.1, -0.05) is 49.7 Å². The van der Waals surface area contributed by atoms with Crippen molar-refractivity contribution < 1.29 is 14.2 Å². The van der Waals surface area contributed by atoms with Gasteiger partial charge in [0.25, 0.3) is 0 Å². The molecular weight excluding hydrogens is 485 g/mol. The Bertz CT molecular complexity index is 1300. The van der Waals surface area contributed by atoms with Gasteiger partial charge in [-0.2, -0.15) is 0 Å². The van der Waals surface area contributed by atoms with Crippen LogP contribution in [-0.4, -0.2) is 42.4 Å². The van der Waals surface area contributed by atoms with Crippen LogP contribution in [0.25, 0.3) is 11.1 Å². The van der Waals surface area contributed by atoms with Gasteiger partial charge in [-0.05, 0) is 121 Å². The molecule has 1 saturated heterocycles. The number of allylic oxidation sites excluding steroid dienone is 1. The fourth-order valence-corrected chi connectivity index (χ4v) is 6.16. The third-order valence-corrected chi connectivity index (χ3v) is 8.31. The minimum atomic E-state index is -0.257. The van der Waals surface area contributed by atoms with E-state index in [-0.39, 0.29) is 12.8 Å². The standard InChI is InChI=1S/C35H42FNO2/c1-3-4-7-27-22-29(11-10-25(27)2)33-9-5-8-28-23-30(38)14-17-34(28)35(33)26-12-15-31(16-13-26)39-32-18-21-37(24-32)20-6-19-36/h10-17,22-23,32,38H,3-9,18-21,24H2,1-2H3. The molecule has 1 N–H and O–H groups in total. The van der Waals surface area contributed by atoms with Crippen LogP contribution in [-0.2, 0) is 12.8 Å². The Morgan fingerprint density at radius 2 is 1.79 bits per heavy atom. The molecule has 3 aromatic rings. The van der Waals surface area contributed by atoms with Crippen LogP contribution in [0.1, 0.15) is 78.8 Å². The number of aromatic hydroxyl groups is 1. The molecule has 0 saturated carbocycles. The lowest BCUT2D eigenvalue weighted by atomic mass is 9.86. The Balaban J connectivity index is 1.49. The summed E-state index contributed by atoms with van der Waals surface area (Å²) in [7, 11) is 0. The molecule has 0 aromatic heterocycles. The number of hydrogen-bond acceptors (Lipinski definition) is 3. The van der Waals surface area contributed by atoms with Crippen LogP contribution in [0.5, 0.6) is 11.5 Å². The van der Waals surface area contributed by atoms with E-state index >= 15 is 0 Å². The topological polar surface area (TPSA) is 32.7 Å². The summed E-state index contributed by atoms with van der Waals surface area (Å²) in [6, 6.07) is 21.4. The molecule has 39 heavy (non-hydrogen) atoms. The van der Waals surface area contributed by atoms with Crippen molar-refractivity contribution in [2.75, 3.05) is 26.3 Å². The fourth-order valence-electron chi connectivity index (χ4n) is 6.16. The molecule has 5 rings (SSSR count). The van der Waals surface area contributed by atoms with Crippen molar-refractivity contribution in [3.05, 3.63) is 94.0 Å². The Labute approximate surface area is 233 Å². The minimum Gasteiger partial charge on any atom is -0.508 e. The SMILES string of the molecule is CCCCc1cc(C2=C(c3ccc(OC4CCN(CCCF)C4)cc3)c3ccc(O)cc3CCC2)ccc1C. The summed E-state index contributed by atoms with van der Waals surface area (Å²) in [6.45, 7) is 6.85. The molecule has 0 spiro atoms. The smallest absolute Gasteiger partial charge is 0.119 e. The van der Waals surface area contributed by atoms with E-state index in [1.807, 2.05) is 12.1 Å². The van der Waals surface area contributed by atoms with E-state index in [4.69, 9.17) is 4.74 Å². The van der Waals surface area contributed by atoms with Crippen LogP contribution >= 0.6 is 0 Å². The normalized spacial score (nSPS) is 17.8. The number of phenols is 1. The molecule has 1 aliphatic heterocycles. The molecule has 1 fully saturated rings. The molecule has 3 nitrogen and oxygen atoms in total. The summed E-state index contributed by atoms with van der Waals surface area (Å²) in [5.74, 6) is 1.21. The van der Waals surface area contributed by atoms with Crippen molar-refractivity contribution in [2.45, 2.75) is 71.3 Å². The van der Waals surface area contributed by atoms with Crippen molar-refractivity contribution in [3.8, 4) is 11.5 Å². The van der Waals surface area contributed by atoms with Gasteiger partial charge in [0, 0.05) is 19.6 Å². The van der Waals surface area contributed by atoms with E-state index in [0.29, 0.717) is 12.2 Å². The summed E-state index contributed by atoms with van der Waals surface area (Å²) in [4.78, 5) is 2.30. The Morgan fingerprint density at radius 1 is 0.974 bits per heavy atom. The summed E-state index contributed by atoms with van der Waals surface area (Å²) in [5, 5.41) is 10.3. The van der Waals surface area contributed by atoms with Gasteiger partial charge in [0.2, 0.25) is 0 Å². The molecule has 1 atom stereocenters. The zero-order valence-corrected chi connectivity index (χ0v) is 23.5. The molecule has 1 heterocycles. The molecule has 4 heteroatoms. The van der Waals surface area contributed by atoms with Crippen LogP contribution in [0.2, 0.25) is 0 Å². The molecule has 0 bridgehead atoms. The van der Waals surface area contributed by atoms with Crippen molar-refractivity contribution in [1.82, 2.24) is 4.90 Å². The lowest BCUT2D eigenvalue weighted by molar-refractivity contribution is 0.198. The summed E-state index contributed by atoms with van der Waals surface area (Å²) in [5.41, 5.74) is 10.4. The first-order valence-electron chi connectivity index (χ1n) is 14.8. The predicted octanol–water partition coefficient (Wildman–Crippen LogP) is 8.15. The highest BCUT2D eigenvalue weighted by Gasteiger charge is 2.24. The summed E-state index contributed by atoms with van der Waals surface area (Å²) < 4.78 is 18.9. The van der Waals surface area contributed by atoms with Crippen LogP contribution in [0.15, 0.2) is 60.7 Å². The van der Waals surface area contributed by atoms with Crippen molar-refractivity contribution >= 4 is 11.1 Å². The molecule has 0 amide bonds. The lowest BCUT2D eigenvalue weighted by Gasteiger charge is -2.19. The third-order valence-electron chi connectivity index (χ3n) is 8.31. The molecular formula is C35H42FNO2. The summed E-state index contributed by atoms with van der Waals surface area (Å²) >= 11 is 0. The lowest BCUT2D eigenvalue weighted by Crippen LogP contribution is -2.26. The highest BCUT2D eigenvalue weighted by atomic mass is 19.1. The van der Waals surface area contributed by atoms with Crippen molar-refractivity contribution in [3.63, 3.8) is 0 Å². The number of alkyl halides is 1. The highest BCUT2D eigenvalue weighted by Crippen LogP contribution is 2.41. The second kappa shape index (κ2) is 12.8. The number of fused-ring (bicyclic) bond motifs is 1. The first-order valence-corrected chi connectivity index (χ1v) is 14.8. The van der Waals surface area contributed by atoms with Crippen molar-refractivity contribution in [1.29, 1.82) is 0 Å². The molecule has 0 radical (unpaired) electrons. The number of hydrogen-bond donors (Lipinski definition) is 1. The van der Waals surface area contributed by atoms with E-state index in [0.717, 1.165) is 57.5 Å². The molecule has 3 aromatic carbocycles. The second-order valence-electron chi connectivity index (χ2n) is 11.2. The van der Waals surface area contributed by atoms with Gasteiger partial charge in [-0.3, -0.25) is 9.29 Å². The predicted molar refractivity (Wildman–Crippen MR) is 159 cm³/mol. The van der Waals surface area contributed by atoms with Gasteiger partial charge in [0.1, 0.15) is 17.6 Å². The average Bonchev–Trinajstić information content (AvgIpc) is 3.30. The number of likely N-dealkylation sites (tertiary alicyclic amines) is 1. The number of aryl methyl sites for hydroxylation is 3. The zero-order chi connectivity index (χ0) is 27.2. The van der Waals surface area contributed by atoms with Crippen LogP contribution in [0.3, 0.4) is 0 Å². The number of phenolic OH excluding ortho intramolecular Hbond substituents is 1. The third kappa shape index (κ3) is 6.55. The van der Waals surface area contributed by atoms with Gasteiger partial charge < -0.3 is 9.84 Å².